The van der Waals surface area contributed by atoms with E-state index in [4.69, 9.17) is 21.4 Å². The third-order valence-electron chi connectivity index (χ3n) is 6.64. The number of nitrogens with one attached hydrogen (secondary N) is 2. The zero-order valence-corrected chi connectivity index (χ0v) is 25.8. The molecule has 4 rings (SSSR count). The number of carbonyl (C=O) groups is 6. The van der Waals surface area contributed by atoms with Gasteiger partial charge in [0.25, 0.3) is 5.91 Å². The van der Waals surface area contributed by atoms with Gasteiger partial charge in [0.05, 0.1) is 0 Å². The first-order valence-electron chi connectivity index (χ1n) is 14.1. The molecule has 0 saturated carbocycles. The van der Waals surface area contributed by atoms with Crippen LogP contribution in [-0.2, 0) is 32.1 Å². The van der Waals surface area contributed by atoms with Crippen LogP contribution < -0.4 is 27.0 Å². The molecule has 1 heterocycles. The Hall–Kier alpha value is -5.77. The van der Waals surface area contributed by atoms with Gasteiger partial charge in [-0.25, -0.2) is 9.59 Å². The van der Waals surface area contributed by atoms with Crippen molar-refractivity contribution in [1.82, 2.24) is 10.6 Å². The van der Waals surface area contributed by atoms with Crippen molar-refractivity contribution in [2.45, 2.75) is 45.1 Å². The summed E-state index contributed by atoms with van der Waals surface area (Å²) in [5, 5.41) is 21.5. The molecule has 1 aliphatic heterocycles. The van der Waals surface area contributed by atoms with Crippen molar-refractivity contribution in [2.24, 2.45) is 11.5 Å². The number of fused-ring (bicyclic) bond motifs is 1. The second-order valence-electron chi connectivity index (χ2n) is 10.2. The number of anilines is 1. The van der Waals surface area contributed by atoms with Crippen LogP contribution in [0, 0.1) is 0 Å². The van der Waals surface area contributed by atoms with Crippen LogP contribution in [0.4, 0.5) is 18.9 Å². The zero-order valence-electron chi connectivity index (χ0n) is 25.8. The second kappa shape index (κ2) is 17.2. The number of halogens is 3. The van der Waals surface area contributed by atoms with Gasteiger partial charge >= 0.3 is 18.1 Å². The van der Waals surface area contributed by atoms with Crippen LogP contribution >= 0.6 is 0 Å². The minimum atomic E-state index is -5.08. The number of carboxylic acid groups (broad SMARTS) is 2. The Bertz CT molecular complexity index is 1650. The maximum Gasteiger partial charge on any atom is 0.490 e. The molecule has 0 aromatic heterocycles. The van der Waals surface area contributed by atoms with Crippen LogP contribution in [0.2, 0.25) is 0 Å². The van der Waals surface area contributed by atoms with Crippen molar-refractivity contribution in [3.05, 3.63) is 101 Å². The Kier molecular flexibility index (Phi) is 13.8. The lowest BCUT2D eigenvalue weighted by Crippen LogP contribution is -2.46. The predicted molar refractivity (Wildman–Crippen MR) is 167 cm³/mol. The number of hydrogen-bond acceptors (Lipinski definition) is 7. The molecule has 256 valence electrons. The monoisotopic (exact) mass is 673 g/mol. The first-order chi connectivity index (χ1) is 22.5. The van der Waals surface area contributed by atoms with Crippen molar-refractivity contribution in [3.63, 3.8) is 0 Å². The van der Waals surface area contributed by atoms with Gasteiger partial charge in [0, 0.05) is 36.8 Å². The minimum absolute atomic E-state index is 0.194. The molecule has 0 spiro atoms. The van der Waals surface area contributed by atoms with Gasteiger partial charge in [-0.2, -0.15) is 13.2 Å². The van der Waals surface area contributed by atoms with Gasteiger partial charge in [-0.3, -0.25) is 19.2 Å². The molecule has 13 nitrogen and oxygen atoms in total. The number of benzene rings is 3. The van der Waals surface area contributed by atoms with Crippen molar-refractivity contribution < 1.29 is 52.2 Å². The Morgan fingerprint density at radius 1 is 0.896 bits per heavy atom. The number of aliphatic carboxylic acids is 2. The molecule has 16 heteroatoms. The highest BCUT2D eigenvalue weighted by Gasteiger charge is 2.38. The summed E-state index contributed by atoms with van der Waals surface area (Å²) in [6, 6.07) is 18.8. The molecular weight excluding hydrogens is 639 g/mol. The second-order valence-corrected chi connectivity index (χ2v) is 10.2. The summed E-state index contributed by atoms with van der Waals surface area (Å²) in [4.78, 5) is 68.6. The fourth-order valence-electron chi connectivity index (χ4n) is 4.35. The van der Waals surface area contributed by atoms with E-state index in [-0.39, 0.29) is 11.8 Å². The maximum absolute atomic E-state index is 12.3. The standard InChI is InChI=1S/C16H16N2O3.C14H17N3O3.C2HF3O2/c17-10-11-5-4-8-13(9-11)15(19)18-14(16(20)21)12-6-2-1-3-7-12;1-8(16-9(2)18)14(20)17-6-5-10-3-4-11(13(15)19)7-12(10)17;3-2(4,5)1(6)7/h1-9,14H,10,17H2,(H,18,19)(H,20,21);3-4,7-8H,5-6H2,1-2H3,(H2,15,19)(H,16,18);(H,6,7)/t14-;8-;/m11./s1. The number of nitrogens with zero attached hydrogens (tertiary/aromatic N) is 1. The number of primary amides is 1. The van der Waals surface area contributed by atoms with Crippen molar-refractivity contribution in [3.8, 4) is 0 Å². The topological polar surface area (TPSA) is 222 Å². The van der Waals surface area contributed by atoms with E-state index in [0.29, 0.717) is 35.5 Å². The van der Waals surface area contributed by atoms with E-state index in [1.54, 1.807) is 72.5 Å². The molecule has 0 saturated heterocycles. The fourth-order valence-corrected chi connectivity index (χ4v) is 4.35. The summed E-state index contributed by atoms with van der Waals surface area (Å²) in [6.07, 6.45) is -4.35. The Morgan fingerprint density at radius 3 is 2.04 bits per heavy atom. The van der Waals surface area contributed by atoms with E-state index in [2.05, 4.69) is 10.6 Å². The van der Waals surface area contributed by atoms with E-state index in [9.17, 15) is 42.3 Å². The number of carboxylic acids is 2. The molecular formula is C32H34F3N5O8. The molecule has 0 fully saturated rings. The Balaban J connectivity index is 0.000000279. The average Bonchev–Trinajstić information content (AvgIpc) is 3.46. The van der Waals surface area contributed by atoms with E-state index in [0.717, 1.165) is 17.5 Å². The average molecular weight is 674 g/mol. The van der Waals surface area contributed by atoms with Crippen molar-refractivity contribution >= 4 is 41.3 Å². The number of carbonyl (C=O) groups excluding carboxylic acids is 4. The van der Waals surface area contributed by atoms with E-state index in [1.165, 1.54) is 6.92 Å². The van der Waals surface area contributed by atoms with Gasteiger partial charge in [0.1, 0.15) is 6.04 Å². The van der Waals surface area contributed by atoms with Gasteiger partial charge in [-0.05, 0) is 54.3 Å². The summed E-state index contributed by atoms with van der Waals surface area (Å²) in [6.45, 7) is 3.87. The van der Waals surface area contributed by atoms with E-state index in [1.807, 2.05) is 12.1 Å². The highest BCUT2D eigenvalue weighted by Crippen LogP contribution is 2.29. The molecule has 0 aliphatic carbocycles. The van der Waals surface area contributed by atoms with Crippen LogP contribution in [0.3, 0.4) is 0 Å². The molecule has 2 atom stereocenters. The zero-order chi connectivity index (χ0) is 36.2. The van der Waals surface area contributed by atoms with Crippen molar-refractivity contribution in [1.29, 1.82) is 0 Å². The van der Waals surface area contributed by atoms with Crippen molar-refractivity contribution in [2.75, 3.05) is 11.4 Å². The Labute approximate surface area is 272 Å². The summed E-state index contributed by atoms with van der Waals surface area (Å²) >= 11 is 0. The first kappa shape index (κ1) is 38.4. The lowest BCUT2D eigenvalue weighted by Gasteiger charge is -2.22. The highest BCUT2D eigenvalue weighted by atomic mass is 19.4. The van der Waals surface area contributed by atoms with Crippen LogP contribution in [0.5, 0.6) is 0 Å². The van der Waals surface area contributed by atoms with Crippen LogP contribution in [0.25, 0.3) is 0 Å². The van der Waals surface area contributed by atoms with Gasteiger partial charge in [0.2, 0.25) is 17.7 Å². The SMILES string of the molecule is CC(=O)N[C@H](C)C(=O)N1CCc2ccc(C(N)=O)cc21.NCc1cccc(C(=O)N[C@@H](C(=O)O)c2ccccc2)c1.O=C(O)C(F)(F)F. The molecule has 48 heavy (non-hydrogen) atoms. The fraction of sp³-hybridized carbons (Fsp3) is 0.250. The van der Waals surface area contributed by atoms with Gasteiger partial charge in [0.15, 0.2) is 6.04 Å². The van der Waals surface area contributed by atoms with Crippen LogP contribution in [0.1, 0.15) is 57.3 Å². The Morgan fingerprint density at radius 2 is 1.52 bits per heavy atom. The molecule has 8 N–H and O–H groups in total. The van der Waals surface area contributed by atoms with Gasteiger partial charge in [-0.1, -0.05) is 48.5 Å². The van der Waals surface area contributed by atoms with Crippen LogP contribution in [-0.4, -0.2) is 64.5 Å². The van der Waals surface area contributed by atoms with E-state index < -0.39 is 42.0 Å². The summed E-state index contributed by atoms with van der Waals surface area (Å²) in [7, 11) is 0. The lowest BCUT2D eigenvalue weighted by atomic mass is 10.1. The third-order valence-corrected chi connectivity index (χ3v) is 6.64. The number of amides is 4. The first-order valence-corrected chi connectivity index (χ1v) is 14.1. The molecule has 4 amide bonds. The van der Waals surface area contributed by atoms with Gasteiger partial charge in [-0.15, -0.1) is 0 Å². The highest BCUT2D eigenvalue weighted by molar-refractivity contribution is 6.02. The summed E-state index contributed by atoms with van der Waals surface area (Å²) in [5.74, 6) is -5.28. The molecule has 0 bridgehead atoms. The summed E-state index contributed by atoms with van der Waals surface area (Å²) < 4.78 is 31.7. The molecule has 0 radical (unpaired) electrons. The summed E-state index contributed by atoms with van der Waals surface area (Å²) in [5.41, 5.74) is 14.6. The van der Waals surface area contributed by atoms with E-state index >= 15 is 0 Å². The molecule has 1 aliphatic rings. The molecule has 0 unspecified atom stereocenters. The molecule has 3 aromatic carbocycles. The van der Waals surface area contributed by atoms with Gasteiger partial charge < -0.3 is 37.2 Å². The third kappa shape index (κ3) is 11.2. The van der Waals surface area contributed by atoms with Crippen LogP contribution in [0.15, 0.2) is 72.8 Å². The largest absolute Gasteiger partial charge is 0.490 e. The quantitative estimate of drug-likeness (QED) is 0.206. The number of rotatable bonds is 8. The maximum atomic E-state index is 12.3. The molecule has 3 aromatic rings. The minimum Gasteiger partial charge on any atom is -0.479 e. The number of nitrogens with two attached hydrogens (primary N) is 2. The predicted octanol–water partition coefficient (Wildman–Crippen LogP) is 2.53. The normalized spacial score (nSPS) is 12.8. The smallest absolute Gasteiger partial charge is 0.479 e. The number of alkyl halides is 3. The lowest BCUT2D eigenvalue weighted by molar-refractivity contribution is -0.192. The number of hydrogen-bond donors (Lipinski definition) is 6.